The van der Waals surface area contributed by atoms with Gasteiger partial charge in [-0.15, -0.1) is 0 Å². The third-order valence-corrected chi connectivity index (χ3v) is 5.72. The van der Waals surface area contributed by atoms with Crippen molar-refractivity contribution in [1.82, 2.24) is 19.7 Å². The standard InChI is InChI=1S/C23H25N5O/c1-14(2)22-25-19-8-3-4-9-20(19)28(22)13-21-26-23(29-27-21)16-10-11-17-15(12-16)6-5-7-18(17)24/h3-4,8-12,14,18H,5-7,13,24H2,1-2H3/t18-/m0/s1. The molecule has 2 heterocycles. The zero-order valence-corrected chi connectivity index (χ0v) is 16.8. The minimum atomic E-state index is 0.134. The first kappa shape index (κ1) is 18.1. The Morgan fingerprint density at radius 1 is 1.17 bits per heavy atom. The van der Waals surface area contributed by atoms with E-state index in [2.05, 4.69) is 46.8 Å². The topological polar surface area (TPSA) is 82.8 Å². The number of para-hydroxylation sites is 2. The van der Waals surface area contributed by atoms with Crippen molar-refractivity contribution in [3.05, 3.63) is 65.2 Å². The predicted octanol–water partition coefficient (Wildman–Crippen LogP) is 4.59. The predicted molar refractivity (Wildman–Crippen MR) is 113 cm³/mol. The lowest BCUT2D eigenvalue weighted by Crippen LogP contribution is -2.17. The molecule has 0 amide bonds. The van der Waals surface area contributed by atoms with Gasteiger partial charge in [0.25, 0.3) is 5.89 Å². The number of benzene rings is 2. The Morgan fingerprint density at radius 2 is 2.03 bits per heavy atom. The lowest BCUT2D eigenvalue weighted by molar-refractivity contribution is 0.420. The number of aryl methyl sites for hydroxylation is 1. The zero-order chi connectivity index (χ0) is 20.0. The Morgan fingerprint density at radius 3 is 2.90 bits per heavy atom. The summed E-state index contributed by atoms with van der Waals surface area (Å²) in [6, 6.07) is 14.6. The number of nitrogens with two attached hydrogens (primary N) is 1. The van der Waals surface area contributed by atoms with Gasteiger partial charge in [-0.1, -0.05) is 37.2 Å². The molecule has 1 aliphatic carbocycles. The maximum atomic E-state index is 6.24. The minimum Gasteiger partial charge on any atom is -0.334 e. The molecular weight excluding hydrogens is 362 g/mol. The van der Waals surface area contributed by atoms with Gasteiger partial charge in [0.15, 0.2) is 5.82 Å². The minimum absolute atomic E-state index is 0.134. The summed E-state index contributed by atoms with van der Waals surface area (Å²) in [5, 5.41) is 4.24. The molecule has 5 rings (SSSR count). The van der Waals surface area contributed by atoms with Crippen molar-refractivity contribution in [2.45, 2.75) is 51.6 Å². The van der Waals surface area contributed by atoms with Crippen LogP contribution in [0.4, 0.5) is 0 Å². The highest BCUT2D eigenvalue weighted by Gasteiger charge is 2.20. The summed E-state index contributed by atoms with van der Waals surface area (Å²) in [6.07, 6.45) is 3.23. The summed E-state index contributed by atoms with van der Waals surface area (Å²) in [7, 11) is 0. The van der Waals surface area contributed by atoms with E-state index in [0.717, 1.165) is 41.7 Å². The van der Waals surface area contributed by atoms with E-state index >= 15 is 0 Å². The van der Waals surface area contributed by atoms with Crippen LogP contribution in [0.15, 0.2) is 47.0 Å². The normalized spacial score (nSPS) is 16.5. The molecule has 0 spiro atoms. The van der Waals surface area contributed by atoms with Crippen LogP contribution in [0.3, 0.4) is 0 Å². The van der Waals surface area contributed by atoms with Gasteiger partial charge >= 0.3 is 0 Å². The molecule has 0 aliphatic heterocycles. The van der Waals surface area contributed by atoms with Gasteiger partial charge in [-0.2, -0.15) is 4.98 Å². The fourth-order valence-electron chi connectivity index (χ4n) is 4.26. The highest BCUT2D eigenvalue weighted by molar-refractivity contribution is 5.76. The van der Waals surface area contributed by atoms with E-state index in [1.54, 1.807) is 0 Å². The van der Waals surface area contributed by atoms with Crippen molar-refractivity contribution < 1.29 is 4.52 Å². The molecule has 6 nitrogen and oxygen atoms in total. The largest absolute Gasteiger partial charge is 0.334 e. The van der Waals surface area contributed by atoms with Crippen LogP contribution in [0.2, 0.25) is 0 Å². The molecule has 0 saturated heterocycles. The summed E-state index contributed by atoms with van der Waals surface area (Å²) in [6.45, 7) is 4.84. The van der Waals surface area contributed by atoms with Crippen molar-refractivity contribution >= 4 is 11.0 Å². The van der Waals surface area contributed by atoms with E-state index < -0.39 is 0 Å². The van der Waals surface area contributed by atoms with Crippen LogP contribution in [-0.2, 0) is 13.0 Å². The quantitative estimate of drug-likeness (QED) is 0.553. The van der Waals surface area contributed by atoms with Gasteiger partial charge in [-0.05, 0) is 54.7 Å². The Bertz CT molecular complexity index is 1170. The van der Waals surface area contributed by atoms with Crippen LogP contribution >= 0.6 is 0 Å². The molecule has 2 N–H and O–H groups in total. The maximum Gasteiger partial charge on any atom is 0.257 e. The Kier molecular flexibility index (Phi) is 4.43. The number of hydrogen-bond donors (Lipinski definition) is 1. The van der Waals surface area contributed by atoms with Crippen LogP contribution in [-0.4, -0.2) is 19.7 Å². The van der Waals surface area contributed by atoms with E-state index in [-0.39, 0.29) is 6.04 Å². The van der Waals surface area contributed by atoms with Crippen molar-refractivity contribution in [3.8, 4) is 11.5 Å². The molecule has 0 fully saturated rings. The van der Waals surface area contributed by atoms with Gasteiger partial charge in [-0.25, -0.2) is 4.98 Å². The van der Waals surface area contributed by atoms with Gasteiger partial charge in [0.05, 0.1) is 17.6 Å². The number of rotatable bonds is 4. The van der Waals surface area contributed by atoms with E-state index in [4.69, 9.17) is 15.2 Å². The third-order valence-electron chi connectivity index (χ3n) is 5.72. The van der Waals surface area contributed by atoms with Crippen molar-refractivity contribution in [2.75, 3.05) is 0 Å². The number of nitrogens with zero attached hydrogens (tertiary/aromatic N) is 4. The molecule has 2 aromatic carbocycles. The lowest BCUT2D eigenvalue weighted by atomic mass is 9.87. The summed E-state index contributed by atoms with van der Waals surface area (Å²) in [5.74, 6) is 2.54. The van der Waals surface area contributed by atoms with E-state index in [1.807, 2.05) is 24.3 Å². The molecule has 0 radical (unpaired) electrons. The van der Waals surface area contributed by atoms with Gasteiger partial charge in [-0.3, -0.25) is 0 Å². The average molecular weight is 387 g/mol. The average Bonchev–Trinajstić information content (AvgIpc) is 3.34. The molecular formula is C23H25N5O. The molecule has 0 saturated carbocycles. The smallest absolute Gasteiger partial charge is 0.257 e. The van der Waals surface area contributed by atoms with Crippen LogP contribution < -0.4 is 5.73 Å². The van der Waals surface area contributed by atoms with Crippen LogP contribution in [0.5, 0.6) is 0 Å². The first-order valence-electron chi connectivity index (χ1n) is 10.3. The summed E-state index contributed by atoms with van der Waals surface area (Å²) in [4.78, 5) is 9.47. The molecule has 148 valence electrons. The molecule has 6 heteroatoms. The number of aromatic nitrogens is 4. The molecule has 1 aliphatic rings. The number of hydrogen-bond acceptors (Lipinski definition) is 5. The fourth-order valence-corrected chi connectivity index (χ4v) is 4.26. The van der Waals surface area contributed by atoms with E-state index in [9.17, 15) is 0 Å². The number of fused-ring (bicyclic) bond motifs is 2. The van der Waals surface area contributed by atoms with Gasteiger partial charge in [0.1, 0.15) is 5.82 Å². The fraction of sp³-hybridized carbons (Fsp3) is 0.348. The first-order valence-corrected chi connectivity index (χ1v) is 10.3. The van der Waals surface area contributed by atoms with Crippen molar-refractivity contribution in [3.63, 3.8) is 0 Å². The van der Waals surface area contributed by atoms with Crippen LogP contribution in [0.25, 0.3) is 22.5 Å². The van der Waals surface area contributed by atoms with Crippen LogP contribution in [0.1, 0.15) is 61.4 Å². The molecule has 29 heavy (non-hydrogen) atoms. The highest BCUT2D eigenvalue weighted by Crippen LogP contribution is 2.31. The number of imidazole rings is 1. The molecule has 0 unspecified atom stereocenters. The van der Waals surface area contributed by atoms with Gasteiger partial charge < -0.3 is 14.8 Å². The van der Waals surface area contributed by atoms with Crippen molar-refractivity contribution in [1.29, 1.82) is 0 Å². The molecule has 4 aromatic rings. The second kappa shape index (κ2) is 7.12. The molecule has 1 atom stereocenters. The maximum absolute atomic E-state index is 6.24. The SMILES string of the molecule is CC(C)c1nc2ccccc2n1Cc1noc(-c2ccc3c(c2)CCC[C@@H]3N)n1. The molecule has 2 aromatic heterocycles. The molecule has 0 bridgehead atoms. The third kappa shape index (κ3) is 3.23. The van der Waals surface area contributed by atoms with Gasteiger partial charge in [0, 0.05) is 17.5 Å². The monoisotopic (exact) mass is 387 g/mol. The van der Waals surface area contributed by atoms with E-state index in [0.29, 0.717) is 24.2 Å². The lowest BCUT2D eigenvalue weighted by Gasteiger charge is -2.22. The zero-order valence-electron chi connectivity index (χ0n) is 16.8. The Balaban J connectivity index is 1.47. The first-order chi connectivity index (χ1) is 14.1. The van der Waals surface area contributed by atoms with Gasteiger partial charge in [0.2, 0.25) is 0 Å². The Labute approximate surface area is 169 Å². The van der Waals surface area contributed by atoms with E-state index in [1.165, 1.54) is 11.1 Å². The Hall–Kier alpha value is -2.99. The second-order valence-corrected chi connectivity index (χ2v) is 8.13. The second-order valence-electron chi connectivity index (χ2n) is 8.13. The summed E-state index contributed by atoms with van der Waals surface area (Å²) in [5.41, 5.74) is 11.8. The van der Waals surface area contributed by atoms with Crippen molar-refractivity contribution in [2.24, 2.45) is 5.73 Å². The highest BCUT2D eigenvalue weighted by atomic mass is 16.5. The van der Waals surface area contributed by atoms with Crippen LogP contribution in [0, 0.1) is 0 Å². The summed E-state index contributed by atoms with van der Waals surface area (Å²) >= 11 is 0. The summed E-state index contributed by atoms with van der Waals surface area (Å²) < 4.78 is 7.78.